The monoisotopic (exact) mass is 322 g/mol. The van der Waals surface area contributed by atoms with Gasteiger partial charge in [-0.05, 0) is 23.8 Å². The summed E-state index contributed by atoms with van der Waals surface area (Å²) in [6.07, 6.45) is 0. The summed E-state index contributed by atoms with van der Waals surface area (Å²) in [5.74, 6) is -0.489. The van der Waals surface area contributed by atoms with E-state index in [-0.39, 0.29) is 23.9 Å². The topological polar surface area (TPSA) is 52.6 Å². The van der Waals surface area contributed by atoms with Crippen LogP contribution < -0.4 is 5.32 Å². The average Bonchev–Trinajstić information content (AvgIpc) is 2.51. The number of hydrogen-bond donors (Lipinski definition) is 2. The van der Waals surface area contributed by atoms with Crippen LogP contribution in [0, 0.1) is 5.82 Å². The maximum absolute atomic E-state index is 13.2. The van der Waals surface area contributed by atoms with E-state index in [1.54, 1.807) is 0 Å². The summed E-state index contributed by atoms with van der Waals surface area (Å²) in [6.45, 7) is 0.324. The van der Waals surface area contributed by atoms with E-state index in [9.17, 15) is 9.18 Å². The normalized spacial score (nSPS) is 10.3. The number of halogens is 2. The number of rotatable bonds is 5. The van der Waals surface area contributed by atoms with Crippen molar-refractivity contribution in [1.82, 2.24) is 4.90 Å². The number of anilines is 1. The predicted octanol–water partition coefficient (Wildman–Crippen LogP) is 3.51. The zero-order valence-electron chi connectivity index (χ0n) is 11.8. The van der Waals surface area contributed by atoms with Crippen LogP contribution in [0.2, 0.25) is 5.02 Å². The van der Waals surface area contributed by atoms with Crippen LogP contribution in [0.15, 0.2) is 48.5 Å². The van der Waals surface area contributed by atoms with E-state index in [1.165, 1.54) is 17.0 Å². The van der Waals surface area contributed by atoms with Gasteiger partial charge in [0.05, 0.1) is 17.3 Å². The van der Waals surface area contributed by atoms with Crippen molar-refractivity contribution in [2.45, 2.75) is 6.54 Å². The van der Waals surface area contributed by atoms with Crippen LogP contribution in [0.3, 0.4) is 0 Å². The fourth-order valence-corrected chi connectivity index (χ4v) is 2.13. The smallest absolute Gasteiger partial charge is 0.322 e. The lowest BCUT2D eigenvalue weighted by Gasteiger charge is -2.22. The molecule has 0 aliphatic carbocycles. The molecule has 2 rings (SSSR count). The van der Waals surface area contributed by atoms with E-state index in [1.807, 2.05) is 30.3 Å². The highest BCUT2D eigenvalue weighted by Gasteiger charge is 2.15. The molecule has 6 heteroatoms. The molecule has 0 spiro atoms. The van der Waals surface area contributed by atoms with Crippen LogP contribution >= 0.6 is 11.6 Å². The fraction of sp³-hybridized carbons (Fsp3) is 0.188. The van der Waals surface area contributed by atoms with Crippen molar-refractivity contribution in [2.24, 2.45) is 0 Å². The number of aliphatic hydroxyl groups is 1. The number of benzene rings is 2. The Morgan fingerprint density at radius 3 is 2.64 bits per heavy atom. The van der Waals surface area contributed by atoms with Gasteiger partial charge in [-0.2, -0.15) is 0 Å². The molecule has 0 unspecified atom stereocenters. The number of amides is 2. The van der Waals surface area contributed by atoms with Crippen molar-refractivity contribution in [3.8, 4) is 0 Å². The van der Waals surface area contributed by atoms with Crippen molar-refractivity contribution in [2.75, 3.05) is 18.5 Å². The molecule has 2 amide bonds. The number of aliphatic hydroxyl groups excluding tert-OH is 1. The molecular weight excluding hydrogens is 307 g/mol. The molecule has 0 heterocycles. The van der Waals surface area contributed by atoms with Crippen molar-refractivity contribution < 1.29 is 14.3 Å². The zero-order valence-corrected chi connectivity index (χ0v) is 12.6. The van der Waals surface area contributed by atoms with E-state index in [4.69, 9.17) is 16.7 Å². The molecule has 2 N–H and O–H groups in total. The molecule has 0 fully saturated rings. The number of carbonyl (C=O) groups is 1. The number of carbonyl (C=O) groups excluding carboxylic acids is 1. The lowest BCUT2D eigenvalue weighted by atomic mass is 10.2. The van der Waals surface area contributed by atoms with Crippen LogP contribution in [0.25, 0.3) is 0 Å². The first-order valence-corrected chi connectivity index (χ1v) is 7.13. The molecule has 4 nitrogen and oxygen atoms in total. The van der Waals surface area contributed by atoms with Crippen LogP contribution in [0.1, 0.15) is 5.56 Å². The number of hydrogen-bond acceptors (Lipinski definition) is 2. The molecule has 0 aliphatic rings. The minimum absolute atomic E-state index is 0.160. The Morgan fingerprint density at radius 2 is 1.95 bits per heavy atom. The van der Waals surface area contributed by atoms with Gasteiger partial charge < -0.3 is 15.3 Å². The molecule has 0 saturated carbocycles. The Balaban J connectivity index is 2.11. The van der Waals surface area contributed by atoms with E-state index in [0.717, 1.165) is 11.6 Å². The molecule has 116 valence electrons. The molecule has 0 atom stereocenters. The maximum Gasteiger partial charge on any atom is 0.322 e. The number of urea groups is 1. The molecule has 2 aromatic carbocycles. The summed E-state index contributed by atoms with van der Waals surface area (Å²) >= 11 is 5.93. The highest BCUT2D eigenvalue weighted by molar-refractivity contribution is 6.33. The van der Waals surface area contributed by atoms with Crippen molar-refractivity contribution in [3.63, 3.8) is 0 Å². The van der Waals surface area contributed by atoms with Crippen LogP contribution in [0.4, 0.5) is 14.9 Å². The first kappa shape index (κ1) is 16.3. The molecular formula is C16H16ClFN2O2. The quantitative estimate of drug-likeness (QED) is 0.885. The second-order valence-electron chi connectivity index (χ2n) is 4.69. The summed E-state index contributed by atoms with van der Waals surface area (Å²) in [6, 6.07) is 12.7. The summed E-state index contributed by atoms with van der Waals surface area (Å²) in [7, 11) is 0. The fourth-order valence-electron chi connectivity index (χ4n) is 1.96. The van der Waals surface area contributed by atoms with Crippen molar-refractivity contribution in [3.05, 3.63) is 64.9 Å². The predicted molar refractivity (Wildman–Crippen MR) is 84.4 cm³/mol. The van der Waals surface area contributed by atoms with E-state index < -0.39 is 11.8 Å². The van der Waals surface area contributed by atoms with Gasteiger partial charge >= 0.3 is 6.03 Å². The Kier molecular flexibility index (Phi) is 5.75. The van der Waals surface area contributed by atoms with Crippen LogP contribution in [-0.4, -0.2) is 29.2 Å². The van der Waals surface area contributed by atoms with Gasteiger partial charge in [0, 0.05) is 13.1 Å². The number of nitrogens with one attached hydrogen (secondary N) is 1. The van der Waals surface area contributed by atoms with Gasteiger partial charge in [-0.15, -0.1) is 0 Å². The van der Waals surface area contributed by atoms with E-state index >= 15 is 0 Å². The molecule has 0 aromatic heterocycles. The van der Waals surface area contributed by atoms with Gasteiger partial charge in [0.15, 0.2) is 0 Å². The highest BCUT2D eigenvalue weighted by Crippen LogP contribution is 2.23. The van der Waals surface area contributed by atoms with Gasteiger partial charge in [0.2, 0.25) is 0 Å². The summed E-state index contributed by atoms with van der Waals surface area (Å²) in [5.41, 5.74) is 1.12. The van der Waals surface area contributed by atoms with Gasteiger partial charge in [0.1, 0.15) is 5.82 Å². The Morgan fingerprint density at radius 1 is 1.23 bits per heavy atom. The van der Waals surface area contributed by atoms with Gasteiger partial charge in [-0.1, -0.05) is 41.9 Å². The third kappa shape index (κ3) is 4.44. The van der Waals surface area contributed by atoms with E-state index in [0.29, 0.717) is 6.54 Å². The lowest BCUT2D eigenvalue weighted by molar-refractivity contribution is 0.185. The first-order chi connectivity index (χ1) is 10.6. The lowest BCUT2D eigenvalue weighted by Crippen LogP contribution is -2.36. The van der Waals surface area contributed by atoms with Gasteiger partial charge in [-0.3, -0.25) is 0 Å². The Bertz CT molecular complexity index is 637. The largest absolute Gasteiger partial charge is 0.395 e. The van der Waals surface area contributed by atoms with Crippen LogP contribution in [-0.2, 0) is 6.54 Å². The van der Waals surface area contributed by atoms with Crippen molar-refractivity contribution >= 4 is 23.3 Å². The third-order valence-corrected chi connectivity index (χ3v) is 3.37. The maximum atomic E-state index is 13.2. The molecule has 22 heavy (non-hydrogen) atoms. The molecule has 0 bridgehead atoms. The molecule has 0 radical (unpaired) electrons. The zero-order chi connectivity index (χ0) is 15.9. The first-order valence-electron chi connectivity index (χ1n) is 6.76. The third-order valence-electron chi connectivity index (χ3n) is 3.04. The second-order valence-corrected chi connectivity index (χ2v) is 5.09. The summed E-state index contributed by atoms with van der Waals surface area (Å²) in [4.78, 5) is 13.7. The Hall–Kier alpha value is -2.11. The number of nitrogens with zero attached hydrogens (tertiary/aromatic N) is 1. The molecule has 0 saturated heterocycles. The summed E-state index contributed by atoms with van der Waals surface area (Å²) in [5, 5.41) is 11.9. The van der Waals surface area contributed by atoms with Crippen LogP contribution in [0.5, 0.6) is 0 Å². The minimum Gasteiger partial charge on any atom is -0.395 e. The SMILES string of the molecule is O=C(Nc1cc(F)ccc1Cl)N(CCO)Cc1ccccc1. The Labute approximate surface area is 133 Å². The molecule has 2 aromatic rings. The van der Waals surface area contributed by atoms with Crippen molar-refractivity contribution in [1.29, 1.82) is 0 Å². The molecule has 0 aliphatic heterocycles. The average molecular weight is 323 g/mol. The summed E-state index contributed by atoms with van der Waals surface area (Å²) < 4.78 is 13.2. The second kappa shape index (κ2) is 7.77. The van der Waals surface area contributed by atoms with Gasteiger partial charge in [-0.25, -0.2) is 9.18 Å². The standard InChI is InChI=1S/C16H16ClFN2O2/c17-14-7-6-13(18)10-15(14)19-16(22)20(8-9-21)11-12-4-2-1-3-5-12/h1-7,10,21H,8-9,11H2,(H,19,22). The highest BCUT2D eigenvalue weighted by atomic mass is 35.5. The van der Waals surface area contributed by atoms with Gasteiger partial charge in [0.25, 0.3) is 0 Å². The minimum atomic E-state index is -0.489. The van der Waals surface area contributed by atoms with E-state index in [2.05, 4.69) is 5.32 Å².